The SMILES string of the molecule is COc1ccc(C(=O)NC(=S)Nc2ccc(NC(=O)c3ccc(Cl)cc3Cl)cc2)c(OC)c1. The molecular weight excluding hydrogens is 485 g/mol. The number of benzene rings is 3. The molecule has 10 heteroatoms. The minimum atomic E-state index is -0.435. The molecule has 2 amide bonds. The topological polar surface area (TPSA) is 88.7 Å². The highest BCUT2D eigenvalue weighted by molar-refractivity contribution is 7.80. The Kier molecular flexibility index (Phi) is 8.11. The van der Waals surface area contributed by atoms with Crippen LogP contribution in [0.5, 0.6) is 11.5 Å². The minimum absolute atomic E-state index is 0.0996. The van der Waals surface area contributed by atoms with E-state index in [0.29, 0.717) is 39.0 Å². The predicted octanol–water partition coefficient (Wildman–Crippen LogP) is 5.39. The first-order chi connectivity index (χ1) is 15.8. The van der Waals surface area contributed by atoms with Gasteiger partial charge in [-0.15, -0.1) is 0 Å². The van der Waals surface area contributed by atoms with Gasteiger partial charge in [0.25, 0.3) is 11.8 Å². The molecule has 0 fully saturated rings. The van der Waals surface area contributed by atoms with Crippen LogP contribution in [0.25, 0.3) is 0 Å². The lowest BCUT2D eigenvalue weighted by Gasteiger charge is -2.13. The Bertz CT molecular complexity index is 1200. The van der Waals surface area contributed by atoms with Gasteiger partial charge in [-0.1, -0.05) is 23.2 Å². The number of carbonyl (C=O) groups excluding carboxylic acids is 2. The molecule has 0 bridgehead atoms. The number of ether oxygens (including phenoxy) is 2. The van der Waals surface area contributed by atoms with Crippen molar-refractivity contribution in [3.63, 3.8) is 0 Å². The number of halogens is 2. The zero-order chi connectivity index (χ0) is 24.0. The molecule has 0 saturated carbocycles. The summed E-state index contributed by atoms with van der Waals surface area (Å²) in [5.41, 5.74) is 1.78. The molecule has 0 unspecified atom stereocenters. The first kappa shape index (κ1) is 24.3. The van der Waals surface area contributed by atoms with Crippen LogP contribution in [0.3, 0.4) is 0 Å². The number of hydrogen-bond acceptors (Lipinski definition) is 5. The van der Waals surface area contributed by atoms with Crippen LogP contribution >= 0.6 is 35.4 Å². The fraction of sp³-hybridized carbons (Fsp3) is 0.0870. The van der Waals surface area contributed by atoms with Crippen LogP contribution in [0, 0.1) is 0 Å². The summed E-state index contributed by atoms with van der Waals surface area (Å²) in [6, 6.07) is 16.2. The van der Waals surface area contributed by atoms with Crippen LogP contribution in [-0.2, 0) is 0 Å². The quantitative estimate of drug-likeness (QED) is 0.390. The molecule has 170 valence electrons. The van der Waals surface area contributed by atoms with Crippen LogP contribution in [-0.4, -0.2) is 31.1 Å². The van der Waals surface area contributed by atoms with Crippen molar-refractivity contribution in [3.05, 3.63) is 81.8 Å². The molecule has 0 heterocycles. The third kappa shape index (κ3) is 6.35. The summed E-state index contributed by atoms with van der Waals surface area (Å²) in [4.78, 5) is 25.0. The zero-order valence-corrected chi connectivity index (χ0v) is 19.9. The zero-order valence-electron chi connectivity index (χ0n) is 17.6. The molecule has 0 saturated heterocycles. The summed E-state index contributed by atoms with van der Waals surface area (Å²) >= 11 is 17.2. The number of carbonyl (C=O) groups is 2. The van der Waals surface area contributed by atoms with E-state index in [1.165, 1.54) is 20.3 Å². The van der Waals surface area contributed by atoms with Crippen LogP contribution < -0.4 is 25.4 Å². The fourth-order valence-electron chi connectivity index (χ4n) is 2.83. The molecule has 33 heavy (non-hydrogen) atoms. The Hall–Kier alpha value is -3.33. The third-order valence-corrected chi connectivity index (χ3v) is 5.21. The first-order valence-electron chi connectivity index (χ1n) is 9.51. The number of hydrogen-bond donors (Lipinski definition) is 3. The van der Waals surface area contributed by atoms with Gasteiger partial charge in [-0.05, 0) is 66.8 Å². The summed E-state index contributed by atoms with van der Waals surface area (Å²) in [6.45, 7) is 0. The minimum Gasteiger partial charge on any atom is -0.497 e. The molecule has 0 aliphatic heterocycles. The lowest BCUT2D eigenvalue weighted by atomic mass is 10.2. The van der Waals surface area contributed by atoms with Crippen LogP contribution in [0.15, 0.2) is 60.7 Å². The van der Waals surface area contributed by atoms with E-state index in [-0.39, 0.29) is 16.0 Å². The Morgan fingerprint density at radius 3 is 2.03 bits per heavy atom. The molecule has 0 aliphatic carbocycles. The van der Waals surface area contributed by atoms with Gasteiger partial charge in [-0.2, -0.15) is 0 Å². The fourth-order valence-corrected chi connectivity index (χ4v) is 3.53. The van der Waals surface area contributed by atoms with E-state index in [2.05, 4.69) is 16.0 Å². The van der Waals surface area contributed by atoms with Crippen molar-refractivity contribution in [1.29, 1.82) is 0 Å². The van der Waals surface area contributed by atoms with Crippen molar-refractivity contribution in [1.82, 2.24) is 5.32 Å². The van der Waals surface area contributed by atoms with Crippen molar-refractivity contribution in [2.45, 2.75) is 0 Å². The normalized spacial score (nSPS) is 10.2. The molecule has 7 nitrogen and oxygen atoms in total. The third-order valence-electron chi connectivity index (χ3n) is 4.46. The second-order valence-electron chi connectivity index (χ2n) is 6.63. The van der Waals surface area contributed by atoms with E-state index in [4.69, 9.17) is 44.9 Å². The number of rotatable bonds is 6. The van der Waals surface area contributed by atoms with Gasteiger partial charge in [0.1, 0.15) is 11.5 Å². The van der Waals surface area contributed by atoms with E-state index in [0.717, 1.165) is 0 Å². The van der Waals surface area contributed by atoms with E-state index in [9.17, 15) is 9.59 Å². The Labute approximate surface area is 206 Å². The second kappa shape index (κ2) is 11.0. The highest BCUT2D eigenvalue weighted by Gasteiger charge is 2.15. The van der Waals surface area contributed by atoms with Gasteiger partial charge in [0.05, 0.1) is 30.4 Å². The average molecular weight is 504 g/mol. The molecular formula is C23H19Cl2N3O4S. The Balaban J connectivity index is 1.60. The highest BCUT2D eigenvalue weighted by Crippen LogP contribution is 2.25. The van der Waals surface area contributed by atoms with E-state index in [1.54, 1.807) is 54.6 Å². The molecule has 0 aliphatic rings. The van der Waals surface area contributed by atoms with Gasteiger partial charge >= 0.3 is 0 Å². The smallest absolute Gasteiger partial charge is 0.261 e. The van der Waals surface area contributed by atoms with Crippen molar-refractivity contribution >= 4 is 63.7 Å². The van der Waals surface area contributed by atoms with E-state index in [1.807, 2.05) is 0 Å². The maximum atomic E-state index is 12.6. The molecule has 3 N–H and O–H groups in total. The van der Waals surface area contributed by atoms with Crippen LogP contribution in [0.4, 0.5) is 11.4 Å². The summed E-state index contributed by atoms with van der Waals surface area (Å²) < 4.78 is 10.4. The first-order valence-corrected chi connectivity index (χ1v) is 10.7. The predicted molar refractivity (Wildman–Crippen MR) is 134 cm³/mol. The highest BCUT2D eigenvalue weighted by atomic mass is 35.5. The van der Waals surface area contributed by atoms with Gasteiger partial charge in [0.15, 0.2) is 5.11 Å². The molecule has 3 aromatic rings. The van der Waals surface area contributed by atoms with E-state index < -0.39 is 5.91 Å². The maximum absolute atomic E-state index is 12.6. The summed E-state index contributed by atoms with van der Waals surface area (Å²) in [5, 5.41) is 9.07. The van der Waals surface area contributed by atoms with Crippen LogP contribution in [0.1, 0.15) is 20.7 Å². The summed E-state index contributed by atoms with van der Waals surface area (Å²) in [7, 11) is 2.99. The standard InChI is InChI=1S/C23H19Cl2N3O4S/c1-31-16-8-10-18(20(12-16)32-2)22(30)28-23(33)27-15-6-4-14(5-7-15)26-21(29)17-9-3-13(24)11-19(17)25/h3-12H,1-2H3,(H,26,29)(H2,27,28,30,33). The number of anilines is 2. The monoisotopic (exact) mass is 503 g/mol. The average Bonchev–Trinajstić information content (AvgIpc) is 2.79. The van der Waals surface area contributed by atoms with Crippen LogP contribution in [0.2, 0.25) is 10.0 Å². The molecule has 3 aromatic carbocycles. The van der Waals surface area contributed by atoms with Gasteiger partial charge in [0.2, 0.25) is 0 Å². The molecule has 3 rings (SSSR count). The summed E-state index contributed by atoms with van der Waals surface area (Å²) in [5.74, 6) is 0.120. The van der Waals surface area contributed by atoms with Gasteiger partial charge in [-0.3, -0.25) is 14.9 Å². The van der Waals surface area contributed by atoms with Gasteiger partial charge in [-0.25, -0.2) is 0 Å². The molecule has 0 spiro atoms. The number of methoxy groups -OCH3 is 2. The molecule has 0 radical (unpaired) electrons. The Morgan fingerprint density at radius 1 is 0.788 bits per heavy atom. The van der Waals surface area contributed by atoms with Gasteiger partial charge < -0.3 is 20.1 Å². The largest absolute Gasteiger partial charge is 0.497 e. The molecule has 0 aromatic heterocycles. The van der Waals surface area contributed by atoms with Crippen molar-refractivity contribution < 1.29 is 19.1 Å². The van der Waals surface area contributed by atoms with Crippen molar-refractivity contribution in [2.24, 2.45) is 0 Å². The number of nitrogens with one attached hydrogen (secondary N) is 3. The molecule has 0 atom stereocenters. The van der Waals surface area contributed by atoms with Gasteiger partial charge in [0, 0.05) is 22.5 Å². The Morgan fingerprint density at radius 2 is 1.42 bits per heavy atom. The summed E-state index contributed by atoms with van der Waals surface area (Å²) in [6.07, 6.45) is 0. The van der Waals surface area contributed by atoms with E-state index >= 15 is 0 Å². The number of thiocarbonyl (C=S) groups is 1. The lowest BCUT2D eigenvalue weighted by molar-refractivity contribution is 0.0973. The lowest BCUT2D eigenvalue weighted by Crippen LogP contribution is -2.34. The van der Waals surface area contributed by atoms with Crippen molar-refractivity contribution in [2.75, 3.05) is 24.9 Å². The maximum Gasteiger partial charge on any atom is 0.261 e. The second-order valence-corrected chi connectivity index (χ2v) is 7.88. The van der Waals surface area contributed by atoms with Crippen molar-refractivity contribution in [3.8, 4) is 11.5 Å². The number of amides is 2.